The van der Waals surface area contributed by atoms with E-state index in [4.69, 9.17) is 14.5 Å². The molecular formula is C28H24N4O4S2. The second-order valence-electron chi connectivity index (χ2n) is 8.49. The third-order valence-electron chi connectivity index (χ3n) is 5.69. The number of rotatable bonds is 8. The number of thiazole rings is 2. The molecule has 2 N–H and O–H groups in total. The lowest BCUT2D eigenvalue weighted by atomic mass is 10.2. The highest BCUT2D eigenvalue weighted by Gasteiger charge is 2.14. The first-order chi connectivity index (χ1) is 18.4. The lowest BCUT2D eigenvalue weighted by molar-refractivity contribution is -0.115. The van der Waals surface area contributed by atoms with E-state index in [-0.39, 0.29) is 18.2 Å². The van der Waals surface area contributed by atoms with Gasteiger partial charge < -0.3 is 14.8 Å². The van der Waals surface area contributed by atoms with E-state index in [1.807, 2.05) is 30.3 Å². The number of nitrogens with one attached hydrogen (secondary N) is 2. The monoisotopic (exact) mass is 544 g/mol. The van der Waals surface area contributed by atoms with Crippen LogP contribution in [0.25, 0.3) is 20.8 Å². The highest BCUT2D eigenvalue weighted by Crippen LogP contribution is 2.31. The summed E-state index contributed by atoms with van der Waals surface area (Å²) in [5.41, 5.74) is 4.81. The van der Waals surface area contributed by atoms with Gasteiger partial charge in [-0.3, -0.25) is 14.9 Å². The molecule has 0 bridgehead atoms. The summed E-state index contributed by atoms with van der Waals surface area (Å²) in [5, 5.41) is 8.74. The number of ether oxygens (including phenoxy) is 2. The number of hydrogen-bond donors (Lipinski definition) is 2. The number of methoxy groups -OCH3 is 2. The minimum atomic E-state index is -0.351. The van der Waals surface area contributed by atoms with Gasteiger partial charge in [0.2, 0.25) is 5.91 Å². The smallest absolute Gasteiger partial charge is 0.257 e. The molecule has 0 atom stereocenters. The fraction of sp³-hybridized carbons (Fsp3) is 0.143. The van der Waals surface area contributed by atoms with Gasteiger partial charge in [0.1, 0.15) is 16.5 Å². The number of nitrogens with zero attached hydrogens (tertiary/aromatic N) is 2. The van der Waals surface area contributed by atoms with E-state index in [1.54, 1.807) is 34.9 Å². The van der Waals surface area contributed by atoms with Crippen molar-refractivity contribution in [2.45, 2.75) is 13.3 Å². The van der Waals surface area contributed by atoms with Gasteiger partial charge in [0.25, 0.3) is 5.91 Å². The molecule has 5 rings (SSSR count). The van der Waals surface area contributed by atoms with E-state index in [0.717, 1.165) is 20.8 Å². The molecule has 0 saturated heterocycles. The van der Waals surface area contributed by atoms with Crippen molar-refractivity contribution in [1.82, 2.24) is 9.97 Å². The van der Waals surface area contributed by atoms with Crippen LogP contribution in [0.5, 0.6) is 11.5 Å². The molecule has 2 aromatic heterocycles. The highest BCUT2D eigenvalue weighted by atomic mass is 32.1. The number of aryl methyl sites for hydroxylation is 1. The molecule has 0 aliphatic carbocycles. The first kappa shape index (κ1) is 25.4. The van der Waals surface area contributed by atoms with Gasteiger partial charge in [-0.25, -0.2) is 9.97 Å². The number of hydrogen-bond acceptors (Lipinski definition) is 8. The molecule has 0 unspecified atom stereocenters. The zero-order valence-electron chi connectivity index (χ0n) is 20.9. The molecule has 0 radical (unpaired) electrons. The highest BCUT2D eigenvalue weighted by molar-refractivity contribution is 7.21. The van der Waals surface area contributed by atoms with E-state index in [0.29, 0.717) is 33.6 Å². The third-order valence-corrected chi connectivity index (χ3v) is 7.56. The SMILES string of the molecule is COc1cc(OC)cc(C(=O)Nc2nc(CC(=O)Nc3ccc(-c4nc5ccc(C)cc5s4)cc3)cs2)c1. The quantitative estimate of drug-likeness (QED) is 0.242. The van der Waals surface area contributed by atoms with Gasteiger partial charge in [0, 0.05) is 28.3 Å². The van der Waals surface area contributed by atoms with Crippen LogP contribution >= 0.6 is 22.7 Å². The van der Waals surface area contributed by atoms with Gasteiger partial charge in [-0.1, -0.05) is 6.07 Å². The van der Waals surface area contributed by atoms with Crippen LogP contribution in [0.1, 0.15) is 21.6 Å². The van der Waals surface area contributed by atoms with Gasteiger partial charge in [-0.2, -0.15) is 0 Å². The summed E-state index contributed by atoms with van der Waals surface area (Å²) in [7, 11) is 3.04. The zero-order valence-corrected chi connectivity index (χ0v) is 22.5. The molecule has 38 heavy (non-hydrogen) atoms. The van der Waals surface area contributed by atoms with Crippen molar-refractivity contribution in [2.75, 3.05) is 24.9 Å². The van der Waals surface area contributed by atoms with Crippen molar-refractivity contribution in [3.8, 4) is 22.1 Å². The van der Waals surface area contributed by atoms with Crippen molar-refractivity contribution in [2.24, 2.45) is 0 Å². The standard InChI is InChI=1S/C28H24N4O4S2/c1-16-4-9-23-24(10-16)38-27(31-23)17-5-7-19(8-6-17)29-25(33)13-20-15-37-28(30-20)32-26(34)18-11-21(35-2)14-22(12-18)36-3/h4-12,14-15H,13H2,1-3H3,(H,29,33)(H,30,32,34). The summed E-state index contributed by atoms with van der Waals surface area (Å²) < 4.78 is 11.6. The molecule has 0 aliphatic heterocycles. The second kappa shape index (κ2) is 11.0. The lowest BCUT2D eigenvalue weighted by Crippen LogP contribution is -2.15. The summed E-state index contributed by atoms with van der Waals surface area (Å²) in [4.78, 5) is 34.4. The Bertz CT molecular complexity index is 1600. The predicted molar refractivity (Wildman–Crippen MR) is 152 cm³/mol. The molecule has 3 aromatic carbocycles. The van der Waals surface area contributed by atoms with E-state index in [1.165, 1.54) is 31.1 Å². The largest absolute Gasteiger partial charge is 0.497 e. The van der Waals surface area contributed by atoms with Crippen LogP contribution < -0.4 is 20.1 Å². The number of fused-ring (bicyclic) bond motifs is 1. The summed E-state index contributed by atoms with van der Waals surface area (Å²) in [6, 6.07) is 18.8. The lowest BCUT2D eigenvalue weighted by Gasteiger charge is -2.08. The number of anilines is 2. The van der Waals surface area contributed by atoms with Crippen LogP contribution in [0.15, 0.2) is 66.0 Å². The van der Waals surface area contributed by atoms with E-state index in [9.17, 15) is 9.59 Å². The van der Waals surface area contributed by atoms with Gasteiger partial charge in [0.05, 0.1) is 36.6 Å². The molecule has 0 spiro atoms. The molecule has 0 aliphatic rings. The normalized spacial score (nSPS) is 10.8. The fourth-order valence-corrected chi connectivity index (χ4v) is 5.55. The van der Waals surface area contributed by atoms with Crippen LogP contribution in [0.2, 0.25) is 0 Å². The van der Waals surface area contributed by atoms with Crippen LogP contribution in [0.3, 0.4) is 0 Å². The van der Waals surface area contributed by atoms with E-state index in [2.05, 4.69) is 34.7 Å². The van der Waals surface area contributed by atoms with Crippen molar-refractivity contribution in [1.29, 1.82) is 0 Å². The summed E-state index contributed by atoms with van der Waals surface area (Å²) in [6.45, 7) is 2.07. The zero-order chi connectivity index (χ0) is 26.6. The maximum absolute atomic E-state index is 12.7. The number of benzene rings is 3. The van der Waals surface area contributed by atoms with Gasteiger partial charge >= 0.3 is 0 Å². The predicted octanol–water partition coefficient (Wildman–Crippen LogP) is 6.18. The number of amides is 2. The minimum Gasteiger partial charge on any atom is -0.497 e. The Kier molecular flexibility index (Phi) is 7.34. The Morgan fingerprint density at radius 1 is 0.895 bits per heavy atom. The van der Waals surface area contributed by atoms with Crippen LogP contribution in [0, 0.1) is 6.92 Å². The number of aromatic nitrogens is 2. The molecule has 192 valence electrons. The van der Waals surface area contributed by atoms with Crippen LogP contribution in [-0.4, -0.2) is 36.0 Å². The first-order valence-corrected chi connectivity index (χ1v) is 13.4. The Morgan fingerprint density at radius 2 is 1.63 bits per heavy atom. The molecule has 0 fully saturated rings. The first-order valence-electron chi connectivity index (χ1n) is 11.7. The van der Waals surface area contributed by atoms with Gasteiger partial charge in [-0.15, -0.1) is 22.7 Å². The Labute approximate surface area is 227 Å². The Balaban J connectivity index is 1.19. The third kappa shape index (κ3) is 5.82. The topological polar surface area (TPSA) is 102 Å². The summed E-state index contributed by atoms with van der Waals surface area (Å²) in [6.07, 6.45) is 0.0817. The fourth-order valence-electron chi connectivity index (χ4n) is 3.77. The van der Waals surface area contributed by atoms with Gasteiger partial charge in [-0.05, 0) is 61.0 Å². The van der Waals surface area contributed by atoms with Crippen molar-refractivity contribution in [3.63, 3.8) is 0 Å². The van der Waals surface area contributed by atoms with Gasteiger partial charge in [0.15, 0.2) is 5.13 Å². The minimum absolute atomic E-state index is 0.0817. The number of carbonyl (C=O) groups excluding carboxylic acids is 2. The average molecular weight is 545 g/mol. The molecular weight excluding hydrogens is 520 g/mol. The second-order valence-corrected chi connectivity index (χ2v) is 10.4. The molecule has 5 aromatic rings. The van der Waals surface area contributed by atoms with Crippen LogP contribution in [0.4, 0.5) is 10.8 Å². The average Bonchev–Trinajstić information content (AvgIpc) is 3.54. The van der Waals surface area contributed by atoms with Crippen molar-refractivity contribution >= 4 is 55.5 Å². The Morgan fingerprint density at radius 3 is 2.34 bits per heavy atom. The summed E-state index contributed by atoms with van der Waals surface area (Å²) >= 11 is 2.90. The van der Waals surface area contributed by atoms with Crippen LogP contribution in [-0.2, 0) is 11.2 Å². The molecule has 0 saturated carbocycles. The maximum Gasteiger partial charge on any atom is 0.257 e. The molecule has 2 amide bonds. The molecule has 2 heterocycles. The molecule has 10 heteroatoms. The Hall–Kier alpha value is -4.28. The maximum atomic E-state index is 12.7. The number of carbonyl (C=O) groups is 2. The molecule has 8 nitrogen and oxygen atoms in total. The van der Waals surface area contributed by atoms with E-state index < -0.39 is 0 Å². The van der Waals surface area contributed by atoms with Crippen molar-refractivity contribution < 1.29 is 19.1 Å². The summed E-state index contributed by atoms with van der Waals surface area (Å²) in [5.74, 6) is 0.466. The van der Waals surface area contributed by atoms with Crippen molar-refractivity contribution in [3.05, 3.63) is 82.9 Å². The van der Waals surface area contributed by atoms with E-state index >= 15 is 0 Å².